The average Bonchev–Trinajstić information content (AvgIpc) is 3.30. The third-order valence-corrected chi connectivity index (χ3v) is 9.11. The fourth-order valence-electron chi connectivity index (χ4n) is 5.71. The third-order valence-electron chi connectivity index (χ3n) is 9.11. The molecular weight excluding hydrogens is 809 g/mol. The molecule has 5 aromatic carbocycles. The van der Waals surface area contributed by atoms with Crippen LogP contribution in [0.4, 0.5) is 0 Å². The van der Waals surface area contributed by atoms with Crippen molar-refractivity contribution in [2.75, 3.05) is 26.4 Å². The monoisotopic (exact) mass is 854 g/mol. The molecule has 0 N–H and O–H groups in total. The zero-order valence-corrected chi connectivity index (χ0v) is 34.7. The Morgan fingerprint density at radius 3 is 1.25 bits per heavy atom. The molecule has 0 spiro atoms. The summed E-state index contributed by atoms with van der Waals surface area (Å²) in [4.78, 5) is 73.7. The molecule has 0 aliphatic carbocycles. The molecule has 5 rings (SSSR count). The first-order valence-electron chi connectivity index (χ1n) is 20.0. The molecule has 0 saturated heterocycles. The Labute approximate surface area is 364 Å². The van der Waals surface area contributed by atoms with E-state index < -0.39 is 29.8 Å². The minimum Gasteiger partial charge on any atom is -0.494 e. The highest BCUT2D eigenvalue weighted by atomic mass is 16.6. The van der Waals surface area contributed by atoms with E-state index in [1.807, 2.05) is 0 Å². The third kappa shape index (κ3) is 15.0. The first-order valence-corrected chi connectivity index (χ1v) is 20.0. The van der Waals surface area contributed by atoms with Crippen LogP contribution in [0.25, 0.3) is 0 Å². The average molecular weight is 855 g/mol. The fraction of sp³-hybridized carbons (Fsp3) is 0.200. The maximum absolute atomic E-state index is 13.1. The largest absolute Gasteiger partial charge is 0.494 e. The molecule has 0 aromatic heterocycles. The lowest BCUT2D eigenvalue weighted by atomic mass is 10.0. The molecule has 0 unspecified atom stereocenters. The first kappa shape index (κ1) is 46.3. The zero-order valence-electron chi connectivity index (χ0n) is 34.7. The lowest BCUT2D eigenvalue weighted by Gasteiger charge is -2.10. The van der Waals surface area contributed by atoms with Crippen molar-refractivity contribution in [3.63, 3.8) is 0 Å². The number of esters is 5. The van der Waals surface area contributed by atoms with Crippen molar-refractivity contribution in [3.8, 4) is 28.7 Å². The van der Waals surface area contributed by atoms with Gasteiger partial charge in [-0.1, -0.05) is 25.3 Å². The van der Waals surface area contributed by atoms with Crippen molar-refractivity contribution >= 4 is 35.6 Å². The molecule has 0 atom stereocenters. The molecule has 5 aromatic rings. The van der Waals surface area contributed by atoms with Crippen LogP contribution >= 0.6 is 0 Å². The van der Waals surface area contributed by atoms with E-state index in [-0.39, 0.29) is 42.5 Å². The molecule has 0 bridgehead atoms. The summed E-state index contributed by atoms with van der Waals surface area (Å²) in [5.41, 5.74) is 2.65. The van der Waals surface area contributed by atoms with Gasteiger partial charge in [-0.3, -0.25) is 4.79 Å². The Balaban J connectivity index is 1.03. The summed E-state index contributed by atoms with van der Waals surface area (Å²) >= 11 is 0. The van der Waals surface area contributed by atoms with Crippen LogP contribution in [-0.4, -0.2) is 62.1 Å². The molecule has 0 fully saturated rings. The van der Waals surface area contributed by atoms with E-state index in [1.54, 1.807) is 97.9 Å². The Hall–Kier alpha value is -7.80. The van der Waals surface area contributed by atoms with Gasteiger partial charge in [-0.25, -0.2) is 24.0 Å². The Bertz CT molecular complexity index is 2380. The fourth-order valence-corrected chi connectivity index (χ4v) is 5.71. The van der Waals surface area contributed by atoms with Crippen LogP contribution in [-0.2, 0) is 25.5 Å². The number of ketones is 1. The van der Waals surface area contributed by atoms with Gasteiger partial charge >= 0.3 is 29.8 Å². The van der Waals surface area contributed by atoms with Crippen LogP contribution in [0.5, 0.6) is 28.7 Å². The van der Waals surface area contributed by atoms with Gasteiger partial charge in [-0.2, -0.15) is 0 Å². The number of aryl methyl sites for hydroxylation is 1. The number of ether oxygens (including phenoxy) is 7. The van der Waals surface area contributed by atoms with Gasteiger partial charge in [0.2, 0.25) is 0 Å². The van der Waals surface area contributed by atoms with Crippen LogP contribution in [0, 0.1) is 6.92 Å². The van der Waals surface area contributed by atoms with Crippen LogP contribution < -0.4 is 23.7 Å². The number of hydrogen-bond donors (Lipinski definition) is 0. The molecule has 0 aliphatic rings. The summed E-state index contributed by atoms with van der Waals surface area (Å²) in [7, 11) is 0. The summed E-state index contributed by atoms with van der Waals surface area (Å²) in [6, 6.07) is 30.3. The standard InChI is InChI=1S/C50H46O13/c1-4-46(52)59-30-8-6-28-57-40-19-13-37(14-20-40)48(54)61-42-23-11-36(12-24-42)44(51)33-35-10-27-45(34(3)32-35)63-50(56)39-17-25-43(26-18-39)62-49(55)38-15-21-41(22-16-38)58-29-7-9-31-60-47(53)5-2/h4-5,10-27,32H,1-2,6-9,28-31,33H2,3H3. The number of carbonyl (C=O) groups excluding carboxylic acids is 6. The van der Waals surface area contributed by atoms with Crippen molar-refractivity contribution < 1.29 is 61.9 Å². The van der Waals surface area contributed by atoms with Gasteiger partial charge in [0.15, 0.2) is 5.78 Å². The number of carbonyl (C=O) groups is 6. The number of hydrogen-bond acceptors (Lipinski definition) is 13. The minimum absolute atomic E-state index is 0.0848. The van der Waals surface area contributed by atoms with Crippen molar-refractivity contribution in [2.24, 2.45) is 0 Å². The van der Waals surface area contributed by atoms with Gasteiger partial charge in [0.05, 0.1) is 43.1 Å². The van der Waals surface area contributed by atoms with E-state index in [4.69, 9.17) is 33.2 Å². The molecule has 0 aliphatic heterocycles. The van der Waals surface area contributed by atoms with Crippen molar-refractivity contribution in [2.45, 2.75) is 39.0 Å². The summed E-state index contributed by atoms with van der Waals surface area (Å²) in [6.07, 6.45) is 4.95. The van der Waals surface area contributed by atoms with Gasteiger partial charge in [-0.15, -0.1) is 0 Å². The predicted molar refractivity (Wildman–Crippen MR) is 232 cm³/mol. The van der Waals surface area contributed by atoms with Crippen LogP contribution in [0.1, 0.15) is 78.2 Å². The highest BCUT2D eigenvalue weighted by molar-refractivity contribution is 5.98. The van der Waals surface area contributed by atoms with E-state index in [9.17, 15) is 28.8 Å². The quantitative estimate of drug-likeness (QED) is 0.0201. The van der Waals surface area contributed by atoms with Gasteiger partial charge in [-0.05, 0) is 147 Å². The summed E-state index contributed by atoms with van der Waals surface area (Å²) < 4.78 is 37.8. The van der Waals surface area contributed by atoms with E-state index in [0.717, 1.165) is 12.2 Å². The van der Waals surface area contributed by atoms with Crippen molar-refractivity contribution in [1.82, 2.24) is 0 Å². The van der Waals surface area contributed by atoms with Crippen molar-refractivity contribution in [3.05, 3.63) is 174 Å². The summed E-state index contributed by atoms with van der Waals surface area (Å²) in [5.74, 6) is -0.871. The minimum atomic E-state index is -0.617. The van der Waals surface area contributed by atoms with E-state index in [1.165, 1.54) is 24.3 Å². The molecule has 0 amide bonds. The maximum atomic E-state index is 13.1. The second-order valence-electron chi connectivity index (χ2n) is 13.8. The molecule has 324 valence electrons. The SMILES string of the molecule is C=CC(=O)OCCCCOc1ccc(C(=O)Oc2ccc(C(=O)Cc3ccc(OC(=O)c4ccc(OC(=O)c5ccc(OCCCCOC(=O)C=C)cc5)cc4)c(C)c3)cc2)cc1. The lowest BCUT2D eigenvalue weighted by Crippen LogP contribution is -2.11. The number of Topliss-reactive ketones (excluding diaryl/α,β-unsaturated/α-hetero) is 1. The summed E-state index contributed by atoms with van der Waals surface area (Å²) in [5, 5.41) is 0. The second-order valence-corrected chi connectivity index (χ2v) is 13.8. The molecule has 0 radical (unpaired) electrons. The van der Waals surface area contributed by atoms with E-state index in [2.05, 4.69) is 13.2 Å². The molecule has 13 nitrogen and oxygen atoms in total. The molecule has 0 saturated carbocycles. The lowest BCUT2D eigenvalue weighted by molar-refractivity contribution is -0.138. The summed E-state index contributed by atoms with van der Waals surface area (Å²) in [6.45, 7) is 9.86. The molecule has 0 heterocycles. The van der Waals surface area contributed by atoms with Gasteiger partial charge in [0.25, 0.3) is 0 Å². The second kappa shape index (κ2) is 23.8. The Morgan fingerprint density at radius 1 is 0.460 bits per heavy atom. The number of unbranched alkanes of at least 4 members (excludes halogenated alkanes) is 2. The van der Waals surface area contributed by atoms with Crippen LogP contribution in [0.3, 0.4) is 0 Å². The zero-order chi connectivity index (χ0) is 45.0. The van der Waals surface area contributed by atoms with Gasteiger partial charge in [0, 0.05) is 24.1 Å². The normalized spacial score (nSPS) is 10.4. The predicted octanol–water partition coefficient (Wildman–Crippen LogP) is 8.85. The smallest absolute Gasteiger partial charge is 0.343 e. The Morgan fingerprint density at radius 2 is 0.841 bits per heavy atom. The highest BCUT2D eigenvalue weighted by Gasteiger charge is 2.16. The first-order chi connectivity index (χ1) is 30.5. The number of rotatable bonds is 23. The molecular formula is C50H46O13. The van der Waals surface area contributed by atoms with Crippen LogP contribution in [0.15, 0.2) is 141 Å². The molecule has 63 heavy (non-hydrogen) atoms. The Kier molecular flexibility index (Phi) is 17.5. The highest BCUT2D eigenvalue weighted by Crippen LogP contribution is 2.24. The van der Waals surface area contributed by atoms with E-state index in [0.29, 0.717) is 84.0 Å². The number of benzene rings is 5. The molecule has 13 heteroatoms. The topological polar surface area (TPSA) is 167 Å². The maximum Gasteiger partial charge on any atom is 0.343 e. The van der Waals surface area contributed by atoms with Crippen molar-refractivity contribution in [1.29, 1.82) is 0 Å². The van der Waals surface area contributed by atoms with Gasteiger partial charge in [0.1, 0.15) is 28.7 Å². The van der Waals surface area contributed by atoms with Crippen LogP contribution in [0.2, 0.25) is 0 Å². The van der Waals surface area contributed by atoms with E-state index >= 15 is 0 Å². The van der Waals surface area contributed by atoms with Gasteiger partial charge < -0.3 is 33.2 Å².